The molecule has 13 nitrogen and oxygen atoms in total. The number of alkyl halides is 1. The molecule has 4 rings (SSSR count). The zero-order valence-corrected chi connectivity index (χ0v) is 30.8. The fraction of sp³-hybridized carbons (Fsp3) is 0.576. The predicted molar refractivity (Wildman–Crippen MR) is 185 cm³/mol. The second-order valence-electron chi connectivity index (χ2n) is 12.5. The smallest absolute Gasteiger partial charge is 0.409 e. The van der Waals surface area contributed by atoms with Crippen molar-refractivity contribution >= 4 is 63.8 Å². The van der Waals surface area contributed by atoms with Gasteiger partial charge in [-0.05, 0) is 38.0 Å². The number of ether oxygens (including phenoxy) is 5. The fourth-order valence-electron chi connectivity index (χ4n) is 6.17. The molecule has 0 radical (unpaired) electrons. The Kier molecular flexibility index (Phi) is 12.4. The molecule has 3 N–H and O–H groups in total. The zero-order valence-electron chi connectivity index (χ0n) is 27.8. The maximum absolute atomic E-state index is 13.9. The van der Waals surface area contributed by atoms with Crippen molar-refractivity contribution in [2.75, 3.05) is 37.1 Å². The maximum atomic E-state index is 13.9. The Balaban J connectivity index is 1.74. The standard InChI is InChI=1S/C33H43ClIN3O10/c1-18-8-7-9-24(45-6)33(43)16-23(46-31(42)37-33)19(2)30-32(3,48-30)25(47-28(41)10-11-36-26(39)17-35)15-27(40)38(4)21-13-20(12-18)14-22(44-5)29(21)34/h7-9,13-14,19,23-25,30,43H,10-12,15-17H2,1-6H3,(H,36,39)(H,37,42)/b9-7+,18-8+. The van der Waals surface area contributed by atoms with Crippen LogP contribution in [-0.2, 0) is 39.8 Å². The number of alkyl carbamates (subject to hydrolysis) is 1. The topological polar surface area (TPSA) is 165 Å². The number of hydrogen-bond acceptors (Lipinski definition) is 10. The number of carbonyl (C=O) groups is 4. The van der Waals surface area contributed by atoms with Gasteiger partial charge >= 0.3 is 12.1 Å². The van der Waals surface area contributed by atoms with Gasteiger partial charge in [0.15, 0.2) is 5.72 Å². The van der Waals surface area contributed by atoms with Crippen LogP contribution in [0.1, 0.15) is 45.6 Å². The van der Waals surface area contributed by atoms with E-state index in [9.17, 15) is 24.3 Å². The highest BCUT2D eigenvalue weighted by molar-refractivity contribution is 14.1. The van der Waals surface area contributed by atoms with Crippen LogP contribution in [0.25, 0.3) is 0 Å². The van der Waals surface area contributed by atoms with Crippen molar-refractivity contribution in [1.29, 1.82) is 0 Å². The number of amides is 3. The Labute approximate surface area is 298 Å². The van der Waals surface area contributed by atoms with Crippen LogP contribution in [0.2, 0.25) is 5.02 Å². The summed E-state index contributed by atoms with van der Waals surface area (Å²) >= 11 is 8.62. The quantitative estimate of drug-likeness (QED) is 0.161. The van der Waals surface area contributed by atoms with Gasteiger partial charge in [-0.3, -0.25) is 19.7 Å². The highest BCUT2D eigenvalue weighted by Gasteiger charge is 2.64. The molecule has 4 bridgehead atoms. The zero-order chi connectivity index (χ0) is 35.4. The first-order valence-corrected chi connectivity index (χ1v) is 17.5. The number of hydrogen-bond donors (Lipinski definition) is 3. The number of aliphatic hydroxyl groups is 1. The van der Waals surface area contributed by atoms with Crippen molar-refractivity contribution in [3.05, 3.63) is 46.5 Å². The van der Waals surface area contributed by atoms with E-state index >= 15 is 0 Å². The SMILES string of the molecule is COc1cc2cc(c1Cl)N(C)C(=O)CC(OC(=O)CCNC(=O)CI)C1(C)OC1C(C)C1CC(O)(NC(=O)O1)C(OC)/C=C/C=C(\C)C2. The molecule has 2 fully saturated rings. The van der Waals surface area contributed by atoms with Gasteiger partial charge in [0.2, 0.25) is 11.8 Å². The van der Waals surface area contributed by atoms with Gasteiger partial charge in [0.25, 0.3) is 0 Å². The summed E-state index contributed by atoms with van der Waals surface area (Å²) in [5.74, 6) is -1.38. The van der Waals surface area contributed by atoms with Crippen molar-refractivity contribution in [3.63, 3.8) is 0 Å². The minimum Gasteiger partial charge on any atom is -0.495 e. The molecular formula is C33H43ClIN3O10. The third-order valence-electron chi connectivity index (χ3n) is 9.00. The minimum atomic E-state index is -1.80. The van der Waals surface area contributed by atoms with Gasteiger partial charge in [-0.25, -0.2) is 4.79 Å². The van der Waals surface area contributed by atoms with Crippen molar-refractivity contribution in [1.82, 2.24) is 10.6 Å². The number of rotatable bonds is 7. The summed E-state index contributed by atoms with van der Waals surface area (Å²) in [5, 5.41) is 17.0. The van der Waals surface area contributed by atoms with Crippen LogP contribution in [0, 0.1) is 5.92 Å². The van der Waals surface area contributed by atoms with E-state index in [2.05, 4.69) is 10.6 Å². The normalized spacial score (nSPS) is 32.5. The Hall–Kier alpha value is -2.92. The monoisotopic (exact) mass is 803 g/mol. The minimum absolute atomic E-state index is 0.0336. The van der Waals surface area contributed by atoms with E-state index in [0.29, 0.717) is 17.9 Å². The third kappa shape index (κ3) is 8.62. The van der Waals surface area contributed by atoms with Gasteiger partial charge in [-0.1, -0.05) is 64.9 Å². The summed E-state index contributed by atoms with van der Waals surface area (Å²) < 4.78 is 29.0. The first kappa shape index (κ1) is 37.9. The fourth-order valence-corrected chi connectivity index (χ4v) is 6.76. The van der Waals surface area contributed by atoms with Crippen molar-refractivity contribution in [2.45, 2.75) is 82.2 Å². The number of halogens is 2. The van der Waals surface area contributed by atoms with E-state index < -0.39 is 59.6 Å². The molecule has 0 saturated carbocycles. The number of methoxy groups -OCH3 is 2. The number of carbonyl (C=O) groups excluding carboxylic acids is 4. The Morgan fingerprint density at radius 1 is 1.27 bits per heavy atom. The van der Waals surface area contributed by atoms with Crippen LogP contribution in [0.5, 0.6) is 5.75 Å². The Morgan fingerprint density at radius 2 is 2.00 bits per heavy atom. The molecule has 0 aromatic heterocycles. The average Bonchev–Trinajstić information content (AvgIpc) is 3.73. The number of epoxide rings is 1. The second-order valence-corrected chi connectivity index (χ2v) is 13.7. The Morgan fingerprint density at radius 3 is 2.67 bits per heavy atom. The van der Waals surface area contributed by atoms with E-state index in [1.54, 1.807) is 45.2 Å². The summed E-state index contributed by atoms with van der Waals surface area (Å²) in [6.07, 6.45) is 1.06. The van der Waals surface area contributed by atoms with Crippen molar-refractivity contribution in [2.24, 2.45) is 5.92 Å². The van der Waals surface area contributed by atoms with Crippen molar-refractivity contribution < 1.29 is 48.0 Å². The highest BCUT2D eigenvalue weighted by atomic mass is 127. The first-order chi connectivity index (χ1) is 22.6. The molecule has 3 aliphatic rings. The average molecular weight is 804 g/mol. The molecule has 48 heavy (non-hydrogen) atoms. The molecule has 0 aliphatic carbocycles. The van der Waals surface area contributed by atoms with Gasteiger partial charge in [0.1, 0.15) is 34.7 Å². The number of nitrogens with one attached hydrogen (secondary N) is 2. The highest BCUT2D eigenvalue weighted by Crippen LogP contribution is 2.49. The lowest BCUT2D eigenvalue weighted by atomic mass is 9.83. The lowest BCUT2D eigenvalue weighted by Crippen LogP contribution is -2.63. The summed E-state index contributed by atoms with van der Waals surface area (Å²) in [6.45, 7) is 5.51. The third-order valence-corrected chi connectivity index (χ3v) is 10.1. The van der Waals surface area contributed by atoms with Gasteiger partial charge < -0.3 is 39.0 Å². The lowest BCUT2D eigenvalue weighted by molar-refractivity contribution is -0.153. The summed E-state index contributed by atoms with van der Waals surface area (Å²) in [7, 11) is 4.50. The summed E-state index contributed by atoms with van der Waals surface area (Å²) in [6, 6.07) is 3.59. The number of benzene rings is 1. The molecule has 3 heterocycles. The van der Waals surface area contributed by atoms with Crippen LogP contribution in [0.15, 0.2) is 35.9 Å². The van der Waals surface area contributed by atoms with Crippen LogP contribution in [-0.4, -0.2) is 97.0 Å². The molecular weight excluding hydrogens is 761 g/mol. The predicted octanol–water partition coefficient (Wildman–Crippen LogP) is 3.61. The van der Waals surface area contributed by atoms with E-state index in [4.69, 9.17) is 35.3 Å². The lowest BCUT2D eigenvalue weighted by Gasteiger charge is -2.42. The molecule has 2 saturated heterocycles. The molecule has 3 amide bonds. The van der Waals surface area contributed by atoms with Crippen LogP contribution < -0.4 is 20.3 Å². The second kappa shape index (κ2) is 15.7. The molecule has 3 aliphatic heterocycles. The first-order valence-electron chi connectivity index (χ1n) is 15.6. The van der Waals surface area contributed by atoms with Crippen LogP contribution >= 0.6 is 34.2 Å². The van der Waals surface area contributed by atoms with Gasteiger partial charge in [0.05, 0.1) is 36.2 Å². The molecule has 7 atom stereocenters. The largest absolute Gasteiger partial charge is 0.495 e. The van der Waals surface area contributed by atoms with Crippen LogP contribution in [0.4, 0.5) is 10.5 Å². The summed E-state index contributed by atoms with van der Waals surface area (Å²) in [4.78, 5) is 52.7. The number of allylic oxidation sites excluding steroid dienone is 3. The van der Waals surface area contributed by atoms with Gasteiger partial charge in [-0.15, -0.1) is 0 Å². The van der Waals surface area contributed by atoms with E-state index in [-0.39, 0.29) is 41.2 Å². The number of nitrogens with zero attached hydrogens (tertiary/aromatic N) is 1. The molecule has 7 unspecified atom stereocenters. The number of fused-ring (bicyclic) bond motifs is 5. The van der Waals surface area contributed by atoms with Crippen LogP contribution in [0.3, 0.4) is 0 Å². The number of anilines is 1. The Bertz CT molecular complexity index is 1470. The molecule has 1 aromatic rings. The number of esters is 1. The van der Waals surface area contributed by atoms with E-state index in [1.807, 2.05) is 35.6 Å². The molecule has 15 heteroatoms. The molecule has 0 spiro atoms. The van der Waals surface area contributed by atoms with E-state index in [1.165, 1.54) is 19.1 Å². The van der Waals surface area contributed by atoms with Gasteiger partial charge in [-0.2, -0.15) is 0 Å². The molecule has 264 valence electrons. The summed E-state index contributed by atoms with van der Waals surface area (Å²) in [5.41, 5.74) is -0.801. The van der Waals surface area contributed by atoms with Crippen molar-refractivity contribution in [3.8, 4) is 5.75 Å². The molecule has 1 aromatic carbocycles. The van der Waals surface area contributed by atoms with Gasteiger partial charge in [0, 0.05) is 33.0 Å². The van der Waals surface area contributed by atoms with E-state index in [0.717, 1.165) is 11.1 Å². The maximum Gasteiger partial charge on any atom is 0.409 e.